The zero-order chi connectivity index (χ0) is 18.1. The number of halogens is 1. The van der Waals surface area contributed by atoms with Crippen molar-refractivity contribution >= 4 is 38.7 Å². The highest BCUT2D eigenvalue weighted by Crippen LogP contribution is 2.32. The number of morpholine rings is 1. The van der Waals surface area contributed by atoms with Crippen LogP contribution in [0.15, 0.2) is 27.4 Å². The summed E-state index contributed by atoms with van der Waals surface area (Å²) >= 11 is 3.55. The molecule has 1 atom stereocenters. The lowest BCUT2D eigenvalue weighted by Crippen LogP contribution is -2.36. The van der Waals surface area contributed by atoms with Crippen molar-refractivity contribution in [1.29, 1.82) is 0 Å². The Hall–Kier alpha value is -1.86. The molecule has 1 aromatic carbocycles. The Bertz CT molecular complexity index is 854. The fraction of sp³-hybridized carbons (Fsp3) is 0.444. The van der Waals surface area contributed by atoms with Gasteiger partial charge < -0.3 is 19.0 Å². The van der Waals surface area contributed by atoms with Gasteiger partial charge in [0.05, 0.1) is 18.6 Å². The molecule has 0 bridgehead atoms. The normalized spacial score (nSPS) is 16.1. The van der Waals surface area contributed by atoms with Crippen molar-refractivity contribution < 1.29 is 13.9 Å². The van der Waals surface area contributed by atoms with Crippen LogP contribution in [0.25, 0.3) is 11.0 Å². The Balaban J connectivity index is 2.19. The van der Waals surface area contributed by atoms with E-state index >= 15 is 0 Å². The van der Waals surface area contributed by atoms with Crippen LogP contribution >= 0.6 is 15.9 Å². The zero-order valence-corrected chi connectivity index (χ0v) is 16.1. The number of rotatable bonds is 3. The van der Waals surface area contributed by atoms with E-state index in [0.717, 1.165) is 5.56 Å². The first kappa shape index (κ1) is 17.9. The van der Waals surface area contributed by atoms with Gasteiger partial charge in [-0.1, -0.05) is 15.9 Å². The van der Waals surface area contributed by atoms with Gasteiger partial charge in [-0.05, 0) is 19.1 Å². The van der Waals surface area contributed by atoms with E-state index in [1.54, 1.807) is 26.2 Å². The Morgan fingerprint density at radius 2 is 1.92 bits per heavy atom. The van der Waals surface area contributed by atoms with Crippen LogP contribution in [0.4, 0.5) is 5.88 Å². The average Bonchev–Trinajstić information content (AvgIpc) is 2.60. The van der Waals surface area contributed by atoms with E-state index in [1.165, 1.54) is 11.0 Å². The molecule has 2 aromatic rings. The number of carbonyl (C=O) groups excluding carboxylic acids is 1. The fourth-order valence-corrected chi connectivity index (χ4v) is 3.23. The minimum atomic E-state index is -0.148. The van der Waals surface area contributed by atoms with Crippen molar-refractivity contribution in [2.75, 3.05) is 45.3 Å². The summed E-state index contributed by atoms with van der Waals surface area (Å²) in [4.78, 5) is 28.5. The maximum absolute atomic E-state index is 12.7. The summed E-state index contributed by atoms with van der Waals surface area (Å²) in [5.74, 6) is 0.398. The van der Waals surface area contributed by atoms with Gasteiger partial charge in [-0.15, -0.1) is 0 Å². The van der Waals surface area contributed by atoms with Crippen LogP contribution in [0, 0.1) is 0 Å². The quantitative estimate of drug-likeness (QED) is 0.730. The van der Waals surface area contributed by atoms with Crippen molar-refractivity contribution in [2.24, 2.45) is 0 Å². The molecule has 1 unspecified atom stereocenters. The van der Waals surface area contributed by atoms with Gasteiger partial charge in [-0.2, -0.15) is 0 Å². The van der Waals surface area contributed by atoms with E-state index in [9.17, 15) is 9.59 Å². The van der Waals surface area contributed by atoms with Gasteiger partial charge in [0.25, 0.3) is 5.91 Å². The molecule has 1 aliphatic heterocycles. The molecule has 0 spiro atoms. The number of hydrogen-bond acceptors (Lipinski definition) is 5. The molecule has 3 rings (SSSR count). The first-order valence-corrected chi connectivity index (χ1v) is 9.10. The lowest BCUT2D eigenvalue weighted by molar-refractivity contribution is 0.0827. The molecule has 1 fully saturated rings. The monoisotopic (exact) mass is 408 g/mol. The van der Waals surface area contributed by atoms with Crippen LogP contribution in [0.5, 0.6) is 0 Å². The number of hydrogen-bond donors (Lipinski definition) is 0. The predicted molar refractivity (Wildman–Crippen MR) is 101 cm³/mol. The molecule has 2 heterocycles. The van der Waals surface area contributed by atoms with E-state index in [4.69, 9.17) is 9.15 Å². The van der Waals surface area contributed by atoms with Gasteiger partial charge >= 0.3 is 0 Å². The second kappa shape index (κ2) is 7.17. The molecule has 1 amide bonds. The lowest BCUT2D eigenvalue weighted by atomic mass is 10.0. The molecule has 1 saturated heterocycles. The van der Waals surface area contributed by atoms with E-state index in [-0.39, 0.29) is 16.2 Å². The molecule has 134 valence electrons. The maximum Gasteiger partial charge on any atom is 0.253 e. The SMILES string of the molecule is CC(Br)c1cc(C(=O)N(C)C)cc2c(=O)cc(N3CCOCC3)oc12. The molecule has 1 aliphatic rings. The standard InChI is InChI=1S/C18H21BrN2O4/c1-11(19)13-8-12(18(23)20(2)3)9-14-15(22)10-16(25-17(13)14)21-4-6-24-7-5-21/h8-11H,4-7H2,1-3H3. The third kappa shape index (κ3) is 3.57. The van der Waals surface area contributed by atoms with Gasteiger partial charge in [0, 0.05) is 49.2 Å². The number of benzene rings is 1. The largest absolute Gasteiger partial charge is 0.440 e. The number of fused-ring (bicyclic) bond motifs is 1. The van der Waals surface area contributed by atoms with Crippen LogP contribution in [-0.4, -0.2) is 51.2 Å². The first-order valence-electron chi connectivity index (χ1n) is 8.18. The van der Waals surface area contributed by atoms with Gasteiger partial charge in [-0.25, -0.2) is 0 Å². The van der Waals surface area contributed by atoms with E-state index in [2.05, 4.69) is 15.9 Å². The van der Waals surface area contributed by atoms with Crippen LogP contribution in [-0.2, 0) is 4.74 Å². The van der Waals surface area contributed by atoms with E-state index < -0.39 is 0 Å². The van der Waals surface area contributed by atoms with Crippen molar-refractivity contribution in [3.63, 3.8) is 0 Å². The van der Waals surface area contributed by atoms with Crippen molar-refractivity contribution in [2.45, 2.75) is 11.8 Å². The number of alkyl halides is 1. The predicted octanol–water partition coefficient (Wildman–Crippen LogP) is 2.79. The molecule has 0 saturated carbocycles. The highest BCUT2D eigenvalue weighted by molar-refractivity contribution is 9.09. The Labute approximate surface area is 154 Å². The summed E-state index contributed by atoms with van der Waals surface area (Å²) in [6, 6.07) is 4.90. The van der Waals surface area contributed by atoms with Gasteiger partial charge in [0.15, 0.2) is 11.3 Å². The Kier molecular flexibility index (Phi) is 5.15. The van der Waals surface area contributed by atoms with Crippen molar-refractivity contribution in [1.82, 2.24) is 4.90 Å². The first-order chi connectivity index (χ1) is 11.9. The molecule has 0 N–H and O–H groups in total. The van der Waals surface area contributed by atoms with Crippen LogP contribution in [0.1, 0.15) is 27.7 Å². The van der Waals surface area contributed by atoms with Crippen LogP contribution < -0.4 is 10.3 Å². The number of ether oxygens (including phenoxy) is 1. The molecular weight excluding hydrogens is 388 g/mol. The third-order valence-corrected chi connectivity index (χ3v) is 4.74. The van der Waals surface area contributed by atoms with Crippen LogP contribution in [0.2, 0.25) is 0 Å². The number of carbonyl (C=O) groups is 1. The summed E-state index contributed by atoms with van der Waals surface area (Å²) in [7, 11) is 3.38. The summed E-state index contributed by atoms with van der Waals surface area (Å²) in [5.41, 5.74) is 1.64. The molecule has 0 radical (unpaired) electrons. The van der Waals surface area contributed by atoms with Crippen molar-refractivity contribution in [3.8, 4) is 0 Å². The van der Waals surface area contributed by atoms with E-state index in [1.807, 2.05) is 11.8 Å². The van der Waals surface area contributed by atoms with Gasteiger partial charge in [0.2, 0.25) is 0 Å². The molecule has 1 aromatic heterocycles. The van der Waals surface area contributed by atoms with Crippen molar-refractivity contribution in [3.05, 3.63) is 39.5 Å². The highest BCUT2D eigenvalue weighted by Gasteiger charge is 2.20. The molecule has 0 aliphatic carbocycles. The highest BCUT2D eigenvalue weighted by atomic mass is 79.9. The second-order valence-electron chi connectivity index (χ2n) is 6.31. The average molecular weight is 409 g/mol. The van der Waals surface area contributed by atoms with Gasteiger partial charge in [-0.3, -0.25) is 9.59 Å². The topological polar surface area (TPSA) is 63.0 Å². The molecule has 25 heavy (non-hydrogen) atoms. The van der Waals surface area contributed by atoms with Crippen LogP contribution in [0.3, 0.4) is 0 Å². The maximum atomic E-state index is 12.7. The summed E-state index contributed by atoms with van der Waals surface area (Å²) < 4.78 is 11.4. The fourth-order valence-electron chi connectivity index (χ4n) is 2.89. The molecule has 7 heteroatoms. The van der Waals surface area contributed by atoms with E-state index in [0.29, 0.717) is 48.7 Å². The number of amides is 1. The molecule has 6 nitrogen and oxygen atoms in total. The minimum Gasteiger partial charge on any atom is -0.440 e. The summed E-state index contributed by atoms with van der Waals surface area (Å²) in [6.45, 7) is 4.54. The third-order valence-electron chi connectivity index (χ3n) is 4.25. The molecular formula is C18H21BrN2O4. The Morgan fingerprint density at radius 3 is 2.52 bits per heavy atom. The second-order valence-corrected chi connectivity index (χ2v) is 7.68. The summed E-state index contributed by atoms with van der Waals surface area (Å²) in [5, 5.41) is 0.422. The zero-order valence-electron chi connectivity index (χ0n) is 14.5. The number of nitrogens with zero attached hydrogens (tertiary/aromatic N) is 2. The summed E-state index contributed by atoms with van der Waals surface area (Å²) in [6.07, 6.45) is 0. The minimum absolute atomic E-state index is 0.0620. The smallest absolute Gasteiger partial charge is 0.253 e. The lowest BCUT2D eigenvalue weighted by Gasteiger charge is -2.27. The Morgan fingerprint density at radius 1 is 1.24 bits per heavy atom. The number of anilines is 1. The van der Waals surface area contributed by atoms with Gasteiger partial charge in [0.1, 0.15) is 5.58 Å².